The molecular formula is C16H23BrN2O. The first-order chi connectivity index (χ1) is 9.49. The van der Waals surface area contributed by atoms with E-state index in [-0.39, 0.29) is 11.8 Å². The van der Waals surface area contributed by atoms with Gasteiger partial charge in [-0.3, -0.25) is 9.69 Å². The molecule has 3 nitrogen and oxygen atoms in total. The minimum absolute atomic E-state index is 0.0785. The lowest BCUT2D eigenvalue weighted by atomic mass is 10.0. The average Bonchev–Trinajstić information content (AvgIpc) is 2.83. The Balaban J connectivity index is 1.97. The number of carbonyl (C=O) groups is 1. The number of likely N-dealkylation sites (N-methyl/N-ethyl adjacent to an activating group) is 2. The summed E-state index contributed by atoms with van der Waals surface area (Å²) in [6.45, 7) is 4.13. The van der Waals surface area contributed by atoms with Gasteiger partial charge < -0.3 is 4.90 Å². The van der Waals surface area contributed by atoms with Crippen LogP contribution in [0.2, 0.25) is 0 Å². The summed E-state index contributed by atoms with van der Waals surface area (Å²) in [7, 11) is 4.22. The molecule has 0 N–H and O–H groups in total. The Kier molecular flexibility index (Phi) is 5.35. The summed E-state index contributed by atoms with van der Waals surface area (Å²) in [5, 5.41) is 0. The molecule has 1 aromatic rings. The van der Waals surface area contributed by atoms with Crippen LogP contribution in [0.25, 0.3) is 0 Å². The maximum Gasteiger partial charge on any atom is 0.179 e. The number of hydrogen-bond acceptors (Lipinski definition) is 3. The quantitative estimate of drug-likeness (QED) is 0.771. The number of hydrogen-bond donors (Lipinski definition) is 0. The highest BCUT2D eigenvalue weighted by Crippen LogP contribution is 2.18. The van der Waals surface area contributed by atoms with Crippen molar-refractivity contribution >= 4 is 21.7 Å². The fraction of sp³-hybridized carbons (Fsp3) is 0.562. The second-order valence-corrected chi connectivity index (χ2v) is 6.68. The second kappa shape index (κ2) is 6.83. The fourth-order valence-corrected chi connectivity index (χ4v) is 3.02. The monoisotopic (exact) mass is 338 g/mol. The highest BCUT2D eigenvalue weighted by atomic mass is 79.9. The van der Waals surface area contributed by atoms with Crippen LogP contribution < -0.4 is 0 Å². The molecule has 0 saturated carbocycles. The summed E-state index contributed by atoms with van der Waals surface area (Å²) >= 11 is 3.40. The summed E-state index contributed by atoms with van der Waals surface area (Å²) in [4.78, 5) is 17.1. The van der Waals surface area contributed by atoms with E-state index in [0.717, 1.165) is 16.6 Å². The third-order valence-corrected chi connectivity index (χ3v) is 4.87. The van der Waals surface area contributed by atoms with Gasteiger partial charge in [0.05, 0.1) is 6.04 Å². The van der Waals surface area contributed by atoms with Crippen LogP contribution in [0.1, 0.15) is 30.1 Å². The third kappa shape index (κ3) is 3.68. The van der Waals surface area contributed by atoms with Gasteiger partial charge in [0.15, 0.2) is 5.78 Å². The SMILES string of the molecule is CC(C(=O)c1ccc(Br)cc1)N(C)CC1CCCN1C. The third-order valence-electron chi connectivity index (χ3n) is 4.34. The number of nitrogens with zero attached hydrogens (tertiary/aromatic N) is 2. The van der Waals surface area contributed by atoms with Crippen LogP contribution in [-0.2, 0) is 0 Å². The Hall–Kier alpha value is -0.710. The number of ketones is 1. The van der Waals surface area contributed by atoms with E-state index in [4.69, 9.17) is 0 Å². The van der Waals surface area contributed by atoms with Gasteiger partial charge in [-0.25, -0.2) is 0 Å². The maximum atomic E-state index is 12.5. The standard InChI is InChI=1S/C16H23BrN2O/c1-12(16(20)13-6-8-14(17)9-7-13)19(3)11-15-5-4-10-18(15)2/h6-9,12,15H,4-5,10-11H2,1-3H3. The lowest BCUT2D eigenvalue weighted by molar-refractivity contribution is 0.0842. The second-order valence-electron chi connectivity index (χ2n) is 5.76. The van der Waals surface area contributed by atoms with Crippen molar-refractivity contribution in [2.45, 2.75) is 31.8 Å². The Bertz CT molecular complexity index is 460. The van der Waals surface area contributed by atoms with Crippen LogP contribution in [-0.4, -0.2) is 54.9 Å². The summed E-state index contributed by atoms with van der Waals surface area (Å²) in [5.74, 6) is 0.195. The van der Waals surface area contributed by atoms with Crippen LogP contribution in [0.3, 0.4) is 0 Å². The molecule has 1 heterocycles. The molecule has 0 spiro atoms. The predicted octanol–water partition coefficient (Wildman–Crippen LogP) is 3.05. The molecule has 2 rings (SSSR count). The van der Waals surface area contributed by atoms with Crippen molar-refractivity contribution in [2.75, 3.05) is 27.2 Å². The topological polar surface area (TPSA) is 23.6 Å². The van der Waals surface area contributed by atoms with Crippen molar-refractivity contribution in [3.63, 3.8) is 0 Å². The molecule has 0 aromatic heterocycles. The van der Waals surface area contributed by atoms with Crippen LogP contribution in [0.5, 0.6) is 0 Å². The zero-order chi connectivity index (χ0) is 14.7. The predicted molar refractivity (Wildman–Crippen MR) is 86.2 cm³/mol. The Labute approximate surface area is 130 Å². The lowest BCUT2D eigenvalue weighted by Gasteiger charge is -2.29. The Morgan fingerprint density at radius 1 is 1.45 bits per heavy atom. The van der Waals surface area contributed by atoms with Crippen molar-refractivity contribution in [2.24, 2.45) is 0 Å². The molecule has 2 unspecified atom stereocenters. The molecule has 0 bridgehead atoms. The van der Waals surface area contributed by atoms with Crippen molar-refractivity contribution in [3.05, 3.63) is 34.3 Å². The molecule has 0 radical (unpaired) electrons. The molecule has 1 saturated heterocycles. The normalized spacial score (nSPS) is 21.4. The number of carbonyl (C=O) groups excluding carboxylic acids is 1. The first kappa shape index (κ1) is 15.7. The van der Waals surface area contributed by atoms with Gasteiger partial charge in [-0.1, -0.05) is 28.1 Å². The zero-order valence-corrected chi connectivity index (χ0v) is 14.1. The van der Waals surface area contributed by atoms with E-state index in [1.54, 1.807) is 0 Å². The fourth-order valence-electron chi connectivity index (χ4n) is 2.76. The van der Waals surface area contributed by atoms with Crippen molar-refractivity contribution in [1.82, 2.24) is 9.80 Å². The van der Waals surface area contributed by atoms with Crippen molar-refractivity contribution in [3.8, 4) is 0 Å². The molecule has 1 aromatic carbocycles. The van der Waals surface area contributed by atoms with Gasteiger partial charge in [0.2, 0.25) is 0 Å². The number of halogens is 1. The summed E-state index contributed by atoms with van der Waals surface area (Å²) < 4.78 is 1.00. The first-order valence-corrected chi connectivity index (χ1v) is 7.98. The van der Waals surface area contributed by atoms with Gasteiger partial charge in [0.1, 0.15) is 0 Å². The molecule has 0 amide bonds. The minimum atomic E-state index is -0.0785. The van der Waals surface area contributed by atoms with E-state index in [1.165, 1.54) is 19.4 Å². The average molecular weight is 339 g/mol. The van der Waals surface area contributed by atoms with Gasteiger partial charge in [-0.2, -0.15) is 0 Å². The summed E-state index contributed by atoms with van der Waals surface area (Å²) in [6, 6.07) is 8.12. The van der Waals surface area contributed by atoms with Gasteiger partial charge in [0.25, 0.3) is 0 Å². The molecule has 1 aliphatic rings. The van der Waals surface area contributed by atoms with E-state index in [0.29, 0.717) is 6.04 Å². The highest BCUT2D eigenvalue weighted by molar-refractivity contribution is 9.10. The van der Waals surface area contributed by atoms with Gasteiger partial charge >= 0.3 is 0 Å². The first-order valence-electron chi connectivity index (χ1n) is 7.19. The Morgan fingerprint density at radius 2 is 2.10 bits per heavy atom. The van der Waals surface area contributed by atoms with E-state index >= 15 is 0 Å². The largest absolute Gasteiger partial charge is 0.302 e. The van der Waals surface area contributed by atoms with Crippen LogP contribution in [0, 0.1) is 0 Å². The molecule has 110 valence electrons. The summed E-state index contributed by atoms with van der Waals surface area (Å²) in [5.41, 5.74) is 0.785. The van der Waals surface area contributed by atoms with Gasteiger partial charge in [0, 0.05) is 22.6 Å². The lowest BCUT2D eigenvalue weighted by Crippen LogP contribution is -2.43. The van der Waals surface area contributed by atoms with Crippen molar-refractivity contribution < 1.29 is 4.79 Å². The Morgan fingerprint density at radius 3 is 2.65 bits per heavy atom. The van der Waals surface area contributed by atoms with E-state index in [1.807, 2.05) is 38.2 Å². The van der Waals surface area contributed by atoms with E-state index in [9.17, 15) is 4.79 Å². The number of Topliss-reactive ketones (excluding diaryl/α,β-unsaturated/α-hetero) is 1. The molecule has 0 aliphatic carbocycles. The minimum Gasteiger partial charge on any atom is -0.302 e. The number of benzene rings is 1. The number of rotatable bonds is 5. The molecule has 2 atom stereocenters. The highest BCUT2D eigenvalue weighted by Gasteiger charge is 2.26. The molecule has 1 fully saturated rings. The molecule has 20 heavy (non-hydrogen) atoms. The molecule has 4 heteroatoms. The van der Waals surface area contributed by atoms with E-state index in [2.05, 4.69) is 32.8 Å². The van der Waals surface area contributed by atoms with E-state index < -0.39 is 0 Å². The molecular weight excluding hydrogens is 316 g/mol. The smallest absolute Gasteiger partial charge is 0.179 e. The zero-order valence-electron chi connectivity index (χ0n) is 12.5. The number of likely N-dealkylation sites (tertiary alicyclic amines) is 1. The van der Waals surface area contributed by atoms with Crippen molar-refractivity contribution in [1.29, 1.82) is 0 Å². The van der Waals surface area contributed by atoms with Gasteiger partial charge in [-0.05, 0) is 52.5 Å². The summed E-state index contributed by atoms with van der Waals surface area (Å²) in [6.07, 6.45) is 2.50. The van der Waals surface area contributed by atoms with Gasteiger partial charge in [-0.15, -0.1) is 0 Å². The maximum absolute atomic E-state index is 12.5. The van der Waals surface area contributed by atoms with Crippen LogP contribution in [0.4, 0.5) is 0 Å². The van der Waals surface area contributed by atoms with Crippen LogP contribution in [0.15, 0.2) is 28.7 Å². The molecule has 1 aliphatic heterocycles. The van der Waals surface area contributed by atoms with Crippen LogP contribution >= 0.6 is 15.9 Å².